The Morgan fingerprint density at radius 1 is 1.29 bits per heavy atom. The number of rotatable bonds is 5. The van der Waals surface area contributed by atoms with Crippen LogP contribution in [0.2, 0.25) is 5.02 Å². The van der Waals surface area contributed by atoms with E-state index in [9.17, 15) is 9.90 Å². The van der Waals surface area contributed by atoms with E-state index in [0.717, 1.165) is 22.6 Å². The maximum absolute atomic E-state index is 12.4. The first-order valence-corrected chi connectivity index (χ1v) is 8.23. The molecule has 1 N–H and O–H groups in total. The van der Waals surface area contributed by atoms with Crippen molar-refractivity contribution in [2.75, 3.05) is 13.6 Å². The molecule has 0 aliphatic heterocycles. The summed E-state index contributed by atoms with van der Waals surface area (Å²) in [5, 5.41) is 15.1. The summed E-state index contributed by atoms with van der Waals surface area (Å²) in [5.41, 5.74) is 2.66. The van der Waals surface area contributed by atoms with Crippen molar-refractivity contribution >= 4 is 17.5 Å². The summed E-state index contributed by atoms with van der Waals surface area (Å²) in [7, 11) is 1.70. The number of halogens is 1. The van der Waals surface area contributed by atoms with Gasteiger partial charge in [-0.15, -0.1) is 0 Å². The molecule has 0 atom stereocenters. The standard InChI is InChI=1S/C18H24ClN3O2/c1-12-16(10-17(23)21(5)11-18(3,4)24)13(2)22(20-12)15-8-6-14(19)7-9-15/h6-9,24H,10-11H2,1-5H3. The number of hydrogen-bond donors (Lipinski definition) is 1. The van der Waals surface area contributed by atoms with Gasteiger partial charge in [-0.2, -0.15) is 5.10 Å². The number of aliphatic hydroxyl groups is 1. The second-order valence-corrected chi connectivity index (χ2v) is 7.21. The highest BCUT2D eigenvalue weighted by atomic mass is 35.5. The molecule has 1 aromatic carbocycles. The van der Waals surface area contributed by atoms with Gasteiger partial charge in [0.25, 0.3) is 0 Å². The van der Waals surface area contributed by atoms with Crippen molar-refractivity contribution in [3.63, 3.8) is 0 Å². The quantitative estimate of drug-likeness (QED) is 0.902. The van der Waals surface area contributed by atoms with Gasteiger partial charge in [-0.25, -0.2) is 4.68 Å². The Morgan fingerprint density at radius 2 is 1.88 bits per heavy atom. The fourth-order valence-electron chi connectivity index (χ4n) is 2.72. The van der Waals surface area contributed by atoms with E-state index in [-0.39, 0.29) is 18.9 Å². The number of likely N-dealkylation sites (N-methyl/N-ethyl adjacent to an activating group) is 1. The van der Waals surface area contributed by atoms with Gasteiger partial charge in [-0.3, -0.25) is 4.79 Å². The number of aromatic nitrogens is 2. The molecule has 2 rings (SSSR count). The number of amides is 1. The highest BCUT2D eigenvalue weighted by molar-refractivity contribution is 6.30. The minimum atomic E-state index is -0.915. The maximum Gasteiger partial charge on any atom is 0.226 e. The highest BCUT2D eigenvalue weighted by Gasteiger charge is 2.22. The summed E-state index contributed by atoms with van der Waals surface area (Å²) in [6, 6.07) is 7.42. The van der Waals surface area contributed by atoms with Crippen LogP contribution in [0.15, 0.2) is 24.3 Å². The smallest absolute Gasteiger partial charge is 0.226 e. The van der Waals surface area contributed by atoms with Crippen LogP contribution in [0.5, 0.6) is 0 Å². The molecule has 130 valence electrons. The van der Waals surface area contributed by atoms with Crippen LogP contribution in [0.4, 0.5) is 0 Å². The lowest BCUT2D eigenvalue weighted by Crippen LogP contribution is -2.40. The zero-order valence-corrected chi connectivity index (χ0v) is 15.6. The molecule has 0 fully saturated rings. The molecule has 0 spiro atoms. The predicted molar refractivity (Wildman–Crippen MR) is 95.7 cm³/mol. The van der Waals surface area contributed by atoms with E-state index in [1.807, 2.05) is 42.8 Å². The largest absolute Gasteiger partial charge is 0.389 e. The molecule has 1 amide bonds. The van der Waals surface area contributed by atoms with Crippen LogP contribution in [-0.4, -0.2) is 44.9 Å². The van der Waals surface area contributed by atoms with Crippen LogP contribution in [0.1, 0.15) is 30.8 Å². The number of hydrogen-bond acceptors (Lipinski definition) is 3. The minimum Gasteiger partial charge on any atom is -0.389 e. The van der Waals surface area contributed by atoms with Crippen LogP contribution in [-0.2, 0) is 11.2 Å². The van der Waals surface area contributed by atoms with Gasteiger partial charge in [0.1, 0.15) is 0 Å². The van der Waals surface area contributed by atoms with Gasteiger partial charge in [-0.1, -0.05) is 11.6 Å². The summed E-state index contributed by atoms with van der Waals surface area (Å²) in [5.74, 6) is -0.0426. The van der Waals surface area contributed by atoms with Gasteiger partial charge in [-0.05, 0) is 52.0 Å². The molecule has 0 aliphatic carbocycles. The molecular formula is C18H24ClN3O2. The monoisotopic (exact) mass is 349 g/mol. The highest BCUT2D eigenvalue weighted by Crippen LogP contribution is 2.20. The minimum absolute atomic E-state index is 0.0426. The van der Waals surface area contributed by atoms with E-state index in [0.29, 0.717) is 5.02 Å². The fourth-order valence-corrected chi connectivity index (χ4v) is 2.85. The zero-order chi connectivity index (χ0) is 18.1. The fraction of sp³-hybridized carbons (Fsp3) is 0.444. The predicted octanol–water partition coefficient (Wildman–Crippen LogP) is 2.91. The summed E-state index contributed by atoms with van der Waals surface area (Å²) in [4.78, 5) is 14.0. The number of nitrogens with zero attached hydrogens (tertiary/aromatic N) is 3. The number of aryl methyl sites for hydroxylation is 1. The third-order valence-electron chi connectivity index (χ3n) is 3.89. The maximum atomic E-state index is 12.4. The Morgan fingerprint density at radius 3 is 2.42 bits per heavy atom. The first-order chi connectivity index (χ1) is 11.1. The van der Waals surface area contributed by atoms with Gasteiger partial charge in [0.05, 0.1) is 23.4 Å². The number of carbonyl (C=O) groups is 1. The second kappa shape index (κ2) is 6.95. The third kappa shape index (κ3) is 4.36. The topological polar surface area (TPSA) is 58.4 Å². The zero-order valence-electron chi connectivity index (χ0n) is 14.8. The van der Waals surface area contributed by atoms with Crippen molar-refractivity contribution in [2.24, 2.45) is 0 Å². The van der Waals surface area contributed by atoms with Crippen LogP contribution in [0.25, 0.3) is 5.69 Å². The lowest BCUT2D eigenvalue weighted by atomic mass is 10.1. The number of benzene rings is 1. The first-order valence-electron chi connectivity index (χ1n) is 7.86. The Balaban J connectivity index is 2.23. The summed E-state index contributed by atoms with van der Waals surface area (Å²) in [6.07, 6.45) is 0.262. The van der Waals surface area contributed by atoms with E-state index in [1.54, 1.807) is 25.8 Å². The van der Waals surface area contributed by atoms with Crippen molar-refractivity contribution in [1.82, 2.24) is 14.7 Å². The molecule has 2 aromatic rings. The van der Waals surface area contributed by atoms with Crippen LogP contribution < -0.4 is 0 Å². The summed E-state index contributed by atoms with van der Waals surface area (Å²) >= 11 is 5.93. The van der Waals surface area contributed by atoms with Crippen molar-refractivity contribution in [3.05, 3.63) is 46.2 Å². The van der Waals surface area contributed by atoms with Gasteiger partial charge >= 0.3 is 0 Å². The molecule has 1 aromatic heterocycles. The molecule has 1 heterocycles. The van der Waals surface area contributed by atoms with Gasteiger partial charge < -0.3 is 10.0 Å². The molecule has 24 heavy (non-hydrogen) atoms. The van der Waals surface area contributed by atoms with E-state index in [4.69, 9.17) is 11.6 Å². The Hall–Kier alpha value is -1.85. The van der Waals surface area contributed by atoms with Crippen molar-refractivity contribution in [2.45, 2.75) is 39.7 Å². The average molecular weight is 350 g/mol. The molecule has 0 radical (unpaired) electrons. The molecule has 0 unspecified atom stereocenters. The normalized spacial score (nSPS) is 11.6. The van der Waals surface area contributed by atoms with Crippen LogP contribution in [0.3, 0.4) is 0 Å². The van der Waals surface area contributed by atoms with Crippen molar-refractivity contribution < 1.29 is 9.90 Å². The Labute approximate surface area is 147 Å². The van der Waals surface area contributed by atoms with E-state index >= 15 is 0 Å². The van der Waals surface area contributed by atoms with Crippen LogP contribution in [0, 0.1) is 13.8 Å². The van der Waals surface area contributed by atoms with Gasteiger partial charge in [0, 0.05) is 29.9 Å². The second-order valence-electron chi connectivity index (χ2n) is 6.78. The lowest BCUT2D eigenvalue weighted by Gasteiger charge is -2.25. The van der Waals surface area contributed by atoms with E-state index in [1.165, 1.54) is 0 Å². The summed E-state index contributed by atoms with van der Waals surface area (Å²) in [6.45, 7) is 7.51. The van der Waals surface area contributed by atoms with E-state index < -0.39 is 5.60 Å². The molecule has 5 nitrogen and oxygen atoms in total. The summed E-state index contributed by atoms with van der Waals surface area (Å²) < 4.78 is 1.82. The molecule has 0 saturated carbocycles. The van der Waals surface area contributed by atoms with Gasteiger partial charge in [0.15, 0.2) is 0 Å². The lowest BCUT2D eigenvalue weighted by molar-refractivity contribution is -0.131. The molecule has 0 bridgehead atoms. The first kappa shape index (κ1) is 18.5. The average Bonchev–Trinajstić information content (AvgIpc) is 2.74. The van der Waals surface area contributed by atoms with Crippen molar-refractivity contribution in [3.8, 4) is 5.69 Å². The Kier molecular flexibility index (Phi) is 5.35. The Bertz CT molecular complexity index is 730. The molecule has 6 heteroatoms. The van der Waals surface area contributed by atoms with Crippen molar-refractivity contribution in [1.29, 1.82) is 0 Å². The SMILES string of the molecule is Cc1nn(-c2ccc(Cl)cc2)c(C)c1CC(=O)N(C)CC(C)(C)O. The van der Waals surface area contributed by atoms with Crippen LogP contribution >= 0.6 is 11.6 Å². The third-order valence-corrected chi connectivity index (χ3v) is 4.14. The molecule has 0 aliphatic rings. The van der Waals surface area contributed by atoms with Gasteiger partial charge in [0.2, 0.25) is 5.91 Å². The van der Waals surface area contributed by atoms with E-state index in [2.05, 4.69) is 5.10 Å². The molecular weight excluding hydrogens is 326 g/mol. The number of carbonyl (C=O) groups excluding carboxylic acids is 1. The molecule has 0 saturated heterocycles.